The zero-order chi connectivity index (χ0) is 8.32. The van der Waals surface area contributed by atoms with E-state index in [-0.39, 0.29) is 8.41 Å². The molecule has 0 amide bonds. The van der Waals surface area contributed by atoms with Gasteiger partial charge in [-0.1, -0.05) is 30.3 Å². The molecule has 0 fully saturated rings. The van der Waals surface area contributed by atoms with Gasteiger partial charge in [-0.15, -0.1) is 0 Å². The Bertz CT molecular complexity index is 213. The Hall–Kier alpha value is -0.755. The molecule has 0 bridgehead atoms. The van der Waals surface area contributed by atoms with Crippen molar-refractivity contribution in [3.63, 3.8) is 0 Å². The molecule has 0 aliphatic carbocycles. The van der Waals surface area contributed by atoms with Gasteiger partial charge in [0.05, 0.1) is 21.1 Å². The molecule has 1 aromatic rings. The lowest BCUT2D eigenvalue weighted by Gasteiger charge is -2.23. The highest BCUT2D eigenvalue weighted by Gasteiger charge is 2.06. The normalized spacial score (nSPS) is 10.6. The van der Waals surface area contributed by atoms with Crippen molar-refractivity contribution in [3.8, 4) is 0 Å². The molecule has 3 radical (unpaired) electrons. The largest absolute Gasteiger partial charge is 0.327 e. The number of nitrogens with zero attached hydrogens (tertiary/aromatic N) is 1. The van der Waals surface area contributed by atoms with Crippen molar-refractivity contribution in [2.24, 2.45) is 0 Å². The molecule has 0 saturated heterocycles. The Kier molecular flexibility index (Phi) is 4.04. The van der Waals surface area contributed by atoms with Gasteiger partial charge in [-0.3, -0.25) is 0 Å². The standard InChI is InChI=1S/C10H16N.B/c1-11(2,3)9-10-7-5-4-6-8-10;/h4-8H,9H2,1-3H3;/q+1;. The maximum atomic E-state index is 2.20. The van der Waals surface area contributed by atoms with Crippen molar-refractivity contribution >= 4 is 8.41 Å². The van der Waals surface area contributed by atoms with E-state index in [1.54, 1.807) is 0 Å². The molecule has 1 rings (SSSR count). The van der Waals surface area contributed by atoms with Gasteiger partial charge in [-0.2, -0.15) is 0 Å². The SMILES string of the molecule is C[N+](C)(C)Cc1ccccc1.[B]. The van der Waals surface area contributed by atoms with Crippen LogP contribution in [0.3, 0.4) is 0 Å². The molecule has 2 heteroatoms. The smallest absolute Gasteiger partial charge is 0.104 e. The predicted octanol–water partition coefficient (Wildman–Crippen LogP) is 1.51. The fourth-order valence-corrected chi connectivity index (χ4v) is 1.13. The molecule has 0 unspecified atom stereocenters. The summed E-state index contributed by atoms with van der Waals surface area (Å²) in [4.78, 5) is 0. The van der Waals surface area contributed by atoms with Crippen LogP contribution in [0.2, 0.25) is 0 Å². The number of quaternary nitrogens is 1. The second-order valence-corrected chi connectivity index (χ2v) is 3.93. The van der Waals surface area contributed by atoms with Crippen LogP contribution in [0.4, 0.5) is 0 Å². The Morgan fingerprint density at radius 2 is 1.50 bits per heavy atom. The summed E-state index contributed by atoms with van der Waals surface area (Å²) in [6, 6.07) is 10.6. The average molecular weight is 161 g/mol. The quantitative estimate of drug-likeness (QED) is 0.455. The average Bonchev–Trinajstić information content (AvgIpc) is 1.85. The van der Waals surface area contributed by atoms with Gasteiger partial charge in [0.1, 0.15) is 6.54 Å². The lowest BCUT2D eigenvalue weighted by atomic mass is 10.2. The number of rotatable bonds is 2. The van der Waals surface area contributed by atoms with Crippen molar-refractivity contribution < 1.29 is 4.48 Å². The van der Waals surface area contributed by atoms with Crippen molar-refractivity contribution in [1.82, 2.24) is 0 Å². The molecule has 0 N–H and O–H groups in total. The second-order valence-electron chi connectivity index (χ2n) is 3.93. The first-order chi connectivity index (χ1) is 5.08. The van der Waals surface area contributed by atoms with Crippen LogP contribution in [-0.4, -0.2) is 34.0 Å². The van der Waals surface area contributed by atoms with E-state index < -0.39 is 0 Å². The maximum Gasteiger partial charge on any atom is 0.104 e. The fraction of sp³-hybridized carbons (Fsp3) is 0.400. The van der Waals surface area contributed by atoms with E-state index in [1.807, 2.05) is 0 Å². The lowest BCUT2D eigenvalue weighted by Crippen LogP contribution is -2.33. The Balaban J connectivity index is 0.00000121. The highest BCUT2D eigenvalue weighted by Crippen LogP contribution is 2.04. The summed E-state index contributed by atoms with van der Waals surface area (Å²) in [7, 11) is 6.60. The third-order valence-corrected chi connectivity index (χ3v) is 1.50. The first-order valence-corrected chi connectivity index (χ1v) is 3.92. The summed E-state index contributed by atoms with van der Waals surface area (Å²) in [5, 5.41) is 0. The van der Waals surface area contributed by atoms with Gasteiger partial charge in [0.25, 0.3) is 0 Å². The minimum atomic E-state index is 0. The van der Waals surface area contributed by atoms with E-state index in [9.17, 15) is 0 Å². The van der Waals surface area contributed by atoms with Crippen LogP contribution < -0.4 is 0 Å². The first kappa shape index (κ1) is 11.2. The molecule has 0 aromatic heterocycles. The third kappa shape index (κ3) is 4.19. The summed E-state index contributed by atoms with van der Waals surface area (Å²) < 4.78 is 0.990. The van der Waals surface area contributed by atoms with E-state index in [0.717, 1.165) is 11.0 Å². The van der Waals surface area contributed by atoms with Crippen LogP contribution in [0.15, 0.2) is 30.3 Å². The molecule has 0 spiro atoms. The highest BCUT2D eigenvalue weighted by molar-refractivity contribution is 5.75. The summed E-state index contributed by atoms with van der Waals surface area (Å²) in [5.74, 6) is 0. The summed E-state index contributed by atoms with van der Waals surface area (Å²) >= 11 is 0. The van der Waals surface area contributed by atoms with Gasteiger partial charge in [0, 0.05) is 14.0 Å². The third-order valence-electron chi connectivity index (χ3n) is 1.50. The molecule has 0 aliphatic heterocycles. The van der Waals surface area contributed by atoms with E-state index >= 15 is 0 Å². The molecule has 0 aliphatic rings. The first-order valence-electron chi connectivity index (χ1n) is 3.92. The zero-order valence-electron chi connectivity index (χ0n) is 8.12. The van der Waals surface area contributed by atoms with Gasteiger partial charge in [0.2, 0.25) is 0 Å². The number of hydrogen-bond donors (Lipinski definition) is 0. The molecular weight excluding hydrogens is 145 g/mol. The fourth-order valence-electron chi connectivity index (χ4n) is 1.13. The van der Waals surface area contributed by atoms with Gasteiger partial charge in [-0.25, -0.2) is 0 Å². The van der Waals surface area contributed by atoms with Crippen LogP contribution in [0.25, 0.3) is 0 Å². The second kappa shape index (κ2) is 4.32. The summed E-state index contributed by atoms with van der Waals surface area (Å²) in [5.41, 5.74) is 1.40. The molecule has 63 valence electrons. The van der Waals surface area contributed by atoms with Crippen LogP contribution in [0.5, 0.6) is 0 Å². The van der Waals surface area contributed by atoms with E-state index in [4.69, 9.17) is 0 Å². The molecule has 1 aromatic carbocycles. The molecule has 1 nitrogen and oxygen atoms in total. The summed E-state index contributed by atoms with van der Waals surface area (Å²) in [6.45, 7) is 1.10. The van der Waals surface area contributed by atoms with Gasteiger partial charge in [0.15, 0.2) is 0 Å². The van der Waals surface area contributed by atoms with E-state index in [0.29, 0.717) is 0 Å². The van der Waals surface area contributed by atoms with Crippen LogP contribution in [0.1, 0.15) is 5.56 Å². The molecule has 0 atom stereocenters. The molecule has 12 heavy (non-hydrogen) atoms. The molecular formula is C10H16BN+. The van der Waals surface area contributed by atoms with Gasteiger partial charge < -0.3 is 4.48 Å². The van der Waals surface area contributed by atoms with Crippen molar-refractivity contribution in [2.75, 3.05) is 21.1 Å². The minimum absolute atomic E-state index is 0. The van der Waals surface area contributed by atoms with Crippen LogP contribution in [0, 0.1) is 0 Å². The minimum Gasteiger partial charge on any atom is -0.327 e. The van der Waals surface area contributed by atoms with E-state index in [1.165, 1.54) is 5.56 Å². The number of benzene rings is 1. The summed E-state index contributed by atoms with van der Waals surface area (Å²) in [6.07, 6.45) is 0. The van der Waals surface area contributed by atoms with Crippen molar-refractivity contribution in [3.05, 3.63) is 35.9 Å². The predicted molar refractivity (Wildman–Crippen MR) is 53.9 cm³/mol. The van der Waals surface area contributed by atoms with Crippen molar-refractivity contribution in [2.45, 2.75) is 6.54 Å². The highest BCUT2D eigenvalue weighted by atomic mass is 15.3. The lowest BCUT2D eigenvalue weighted by molar-refractivity contribution is -0.884. The topological polar surface area (TPSA) is 0 Å². The maximum absolute atomic E-state index is 2.20. The van der Waals surface area contributed by atoms with Gasteiger partial charge in [-0.05, 0) is 0 Å². The molecule has 0 heterocycles. The molecule has 0 saturated carbocycles. The number of hydrogen-bond acceptors (Lipinski definition) is 0. The van der Waals surface area contributed by atoms with Gasteiger partial charge >= 0.3 is 0 Å². The Labute approximate surface area is 77.2 Å². The Morgan fingerprint density at radius 1 is 1.00 bits per heavy atom. The van der Waals surface area contributed by atoms with Crippen LogP contribution >= 0.6 is 0 Å². The monoisotopic (exact) mass is 161 g/mol. The van der Waals surface area contributed by atoms with Crippen molar-refractivity contribution in [1.29, 1.82) is 0 Å². The zero-order valence-corrected chi connectivity index (χ0v) is 8.12. The van der Waals surface area contributed by atoms with E-state index in [2.05, 4.69) is 51.5 Å². The Morgan fingerprint density at radius 3 is 1.92 bits per heavy atom. The van der Waals surface area contributed by atoms with Crippen LogP contribution in [-0.2, 0) is 6.54 Å².